The van der Waals surface area contributed by atoms with Crippen LogP contribution in [0.5, 0.6) is 0 Å². The van der Waals surface area contributed by atoms with Gasteiger partial charge in [-0.3, -0.25) is 0 Å². The zero-order valence-corrected chi connectivity index (χ0v) is 13.4. The molecule has 6 atom stereocenters. The molecule has 2 aliphatic carbocycles. The van der Waals surface area contributed by atoms with E-state index in [0.717, 1.165) is 6.08 Å². The Morgan fingerprint density at radius 3 is 2.50 bits per heavy atom. The van der Waals surface area contributed by atoms with Crippen LogP contribution in [-0.2, 0) is 4.79 Å². The zero-order chi connectivity index (χ0) is 16.5. The van der Waals surface area contributed by atoms with E-state index in [4.69, 9.17) is 5.11 Å². The lowest BCUT2D eigenvalue weighted by molar-refractivity contribution is -0.131. The van der Waals surface area contributed by atoms with Crippen LogP contribution in [0.4, 0.5) is 0 Å². The quantitative estimate of drug-likeness (QED) is 0.425. The lowest BCUT2D eigenvalue weighted by Gasteiger charge is -2.52. The SMILES string of the molecule is C[C@@H]1C[C@@](C)(O)C[C@@H]2C=C[C@H](C)[C@](O)(/C=C\C=C\C(=O)O)[C@@H]12. The highest BCUT2D eigenvalue weighted by molar-refractivity contribution is 5.80. The smallest absolute Gasteiger partial charge is 0.328 e. The maximum atomic E-state index is 11.2. The Morgan fingerprint density at radius 2 is 1.86 bits per heavy atom. The number of hydrogen-bond acceptors (Lipinski definition) is 3. The summed E-state index contributed by atoms with van der Waals surface area (Å²) in [6, 6.07) is 0. The minimum absolute atomic E-state index is 0.0298. The Morgan fingerprint density at radius 1 is 1.18 bits per heavy atom. The van der Waals surface area contributed by atoms with Gasteiger partial charge in [0.25, 0.3) is 0 Å². The second kappa shape index (κ2) is 6.01. The Kier molecular flexibility index (Phi) is 4.64. The van der Waals surface area contributed by atoms with Crippen LogP contribution in [0.2, 0.25) is 0 Å². The van der Waals surface area contributed by atoms with Crippen molar-refractivity contribution >= 4 is 5.97 Å². The third-order valence-corrected chi connectivity index (χ3v) is 5.13. The first-order valence-corrected chi connectivity index (χ1v) is 7.87. The van der Waals surface area contributed by atoms with Crippen LogP contribution in [0.15, 0.2) is 36.5 Å². The summed E-state index contributed by atoms with van der Waals surface area (Å²) in [6.45, 7) is 5.90. The molecule has 0 saturated heterocycles. The van der Waals surface area contributed by atoms with E-state index in [-0.39, 0.29) is 23.7 Å². The van der Waals surface area contributed by atoms with E-state index < -0.39 is 17.2 Å². The third-order valence-electron chi connectivity index (χ3n) is 5.13. The molecule has 0 aromatic rings. The molecule has 1 saturated carbocycles. The van der Waals surface area contributed by atoms with Crippen molar-refractivity contribution < 1.29 is 20.1 Å². The summed E-state index contributed by atoms with van der Waals surface area (Å²) in [4.78, 5) is 10.5. The molecule has 0 unspecified atom stereocenters. The van der Waals surface area contributed by atoms with Crippen LogP contribution in [0.25, 0.3) is 0 Å². The number of aliphatic carboxylic acids is 1. The molecule has 0 bridgehead atoms. The minimum Gasteiger partial charge on any atom is -0.478 e. The Bertz CT molecular complexity index is 517. The topological polar surface area (TPSA) is 77.8 Å². The number of rotatable bonds is 3. The first-order valence-electron chi connectivity index (χ1n) is 7.87. The summed E-state index contributed by atoms with van der Waals surface area (Å²) >= 11 is 0. The van der Waals surface area contributed by atoms with Crippen molar-refractivity contribution in [2.24, 2.45) is 23.7 Å². The fourth-order valence-corrected chi connectivity index (χ4v) is 4.32. The highest BCUT2D eigenvalue weighted by Gasteiger charge is 2.52. The lowest BCUT2D eigenvalue weighted by Crippen LogP contribution is -2.55. The van der Waals surface area contributed by atoms with Crippen molar-refractivity contribution in [3.05, 3.63) is 36.5 Å². The maximum Gasteiger partial charge on any atom is 0.328 e. The first-order chi connectivity index (χ1) is 10.2. The van der Waals surface area contributed by atoms with Crippen LogP contribution >= 0.6 is 0 Å². The van der Waals surface area contributed by atoms with Gasteiger partial charge < -0.3 is 15.3 Å². The van der Waals surface area contributed by atoms with Crippen molar-refractivity contribution in [3.8, 4) is 0 Å². The first kappa shape index (κ1) is 17.0. The highest BCUT2D eigenvalue weighted by Crippen LogP contribution is 2.51. The predicted octanol–water partition coefficient (Wildman–Crippen LogP) is 2.53. The van der Waals surface area contributed by atoms with Gasteiger partial charge in [-0.2, -0.15) is 0 Å². The average Bonchev–Trinajstić information content (AvgIpc) is 2.37. The van der Waals surface area contributed by atoms with E-state index >= 15 is 0 Å². The molecule has 0 heterocycles. The van der Waals surface area contributed by atoms with Gasteiger partial charge in [0.1, 0.15) is 0 Å². The van der Waals surface area contributed by atoms with Crippen molar-refractivity contribution in [2.45, 2.75) is 44.8 Å². The minimum atomic E-state index is -1.02. The number of aliphatic hydroxyl groups is 2. The van der Waals surface area contributed by atoms with Gasteiger partial charge in [-0.1, -0.05) is 44.2 Å². The van der Waals surface area contributed by atoms with Gasteiger partial charge >= 0.3 is 5.97 Å². The van der Waals surface area contributed by atoms with E-state index in [2.05, 4.69) is 13.0 Å². The monoisotopic (exact) mass is 306 g/mol. The van der Waals surface area contributed by atoms with Crippen molar-refractivity contribution in [1.82, 2.24) is 0 Å². The molecular weight excluding hydrogens is 280 g/mol. The standard InChI is InChI=1S/C18H26O4/c1-12-10-17(3,21)11-14-8-7-13(2)18(22,16(12)14)9-5-4-6-15(19)20/h4-9,12-14,16,21-22H,10-11H2,1-3H3,(H,19,20)/b6-4+,9-5-/t12-,13+,14+,16+,17-,18-/m1/s1. The molecule has 2 aliphatic rings. The molecule has 0 amide bonds. The number of carbonyl (C=O) groups is 1. The second-order valence-electron chi connectivity index (χ2n) is 7.19. The van der Waals surface area contributed by atoms with Gasteiger partial charge in [0.15, 0.2) is 0 Å². The molecule has 1 fully saturated rings. The number of carboxylic acids is 1. The van der Waals surface area contributed by atoms with E-state index in [1.807, 2.05) is 19.9 Å². The Hall–Kier alpha value is -1.39. The van der Waals surface area contributed by atoms with Gasteiger partial charge in [0.05, 0.1) is 11.2 Å². The van der Waals surface area contributed by atoms with E-state index in [1.165, 1.54) is 6.08 Å². The third kappa shape index (κ3) is 3.33. The Balaban J connectivity index is 2.29. The normalized spacial score (nSPS) is 45.3. The molecule has 2 rings (SSSR count). The molecule has 0 radical (unpaired) electrons. The number of hydrogen-bond donors (Lipinski definition) is 3. The summed E-state index contributed by atoms with van der Waals surface area (Å²) in [6.07, 6.45) is 11.2. The summed E-state index contributed by atoms with van der Waals surface area (Å²) in [5, 5.41) is 30.3. The van der Waals surface area contributed by atoms with Gasteiger partial charge in [0.2, 0.25) is 0 Å². The maximum absolute atomic E-state index is 11.2. The number of allylic oxidation sites excluding steroid dienone is 3. The Labute approximate surface area is 131 Å². The molecule has 3 N–H and O–H groups in total. The molecular formula is C18H26O4. The van der Waals surface area contributed by atoms with Crippen LogP contribution in [0, 0.1) is 23.7 Å². The van der Waals surface area contributed by atoms with Gasteiger partial charge in [-0.15, -0.1) is 0 Å². The van der Waals surface area contributed by atoms with Gasteiger partial charge in [0, 0.05) is 17.9 Å². The summed E-state index contributed by atoms with van der Waals surface area (Å²) in [5.41, 5.74) is -1.71. The second-order valence-corrected chi connectivity index (χ2v) is 7.19. The fourth-order valence-electron chi connectivity index (χ4n) is 4.32. The number of carboxylic acid groups (broad SMARTS) is 1. The number of fused-ring (bicyclic) bond motifs is 1. The van der Waals surface area contributed by atoms with E-state index in [9.17, 15) is 15.0 Å². The predicted molar refractivity (Wildman–Crippen MR) is 85.2 cm³/mol. The van der Waals surface area contributed by atoms with E-state index in [1.54, 1.807) is 12.2 Å². The molecule has 0 aliphatic heterocycles. The molecule has 0 aromatic heterocycles. The summed E-state index contributed by atoms with van der Waals surface area (Å²) < 4.78 is 0. The molecule has 0 spiro atoms. The average molecular weight is 306 g/mol. The van der Waals surface area contributed by atoms with Crippen LogP contribution in [-0.4, -0.2) is 32.5 Å². The molecule has 22 heavy (non-hydrogen) atoms. The zero-order valence-electron chi connectivity index (χ0n) is 13.4. The van der Waals surface area contributed by atoms with Crippen LogP contribution in [0.3, 0.4) is 0 Å². The molecule has 0 aromatic carbocycles. The van der Waals surface area contributed by atoms with Crippen molar-refractivity contribution in [1.29, 1.82) is 0 Å². The van der Waals surface area contributed by atoms with Gasteiger partial charge in [-0.25, -0.2) is 4.79 Å². The fraction of sp³-hybridized carbons (Fsp3) is 0.611. The highest BCUT2D eigenvalue weighted by atomic mass is 16.4. The molecule has 4 nitrogen and oxygen atoms in total. The lowest BCUT2D eigenvalue weighted by atomic mass is 9.56. The van der Waals surface area contributed by atoms with E-state index in [0.29, 0.717) is 12.8 Å². The van der Waals surface area contributed by atoms with Crippen LogP contribution in [0.1, 0.15) is 33.6 Å². The summed E-state index contributed by atoms with van der Waals surface area (Å²) in [5.74, 6) is -0.712. The molecule has 4 heteroatoms. The largest absolute Gasteiger partial charge is 0.478 e. The summed E-state index contributed by atoms with van der Waals surface area (Å²) in [7, 11) is 0. The van der Waals surface area contributed by atoms with Crippen molar-refractivity contribution in [2.75, 3.05) is 0 Å². The van der Waals surface area contributed by atoms with Crippen LogP contribution < -0.4 is 0 Å². The van der Waals surface area contributed by atoms with Gasteiger partial charge in [-0.05, 0) is 31.6 Å². The van der Waals surface area contributed by atoms with Crippen molar-refractivity contribution in [3.63, 3.8) is 0 Å². The molecule has 122 valence electrons.